The highest BCUT2D eigenvalue weighted by Crippen LogP contribution is 2.27. The van der Waals surface area contributed by atoms with E-state index in [4.69, 9.17) is 0 Å². The summed E-state index contributed by atoms with van der Waals surface area (Å²) in [6.07, 6.45) is 3.75. The van der Waals surface area contributed by atoms with Crippen LogP contribution in [0.3, 0.4) is 0 Å². The topological polar surface area (TPSA) is 89.0 Å². The molecule has 3 aromatic rings. The third-order valence-corrected chi connectivity index (χ3v) is 5.69. The predicted molar refractivity (Wildman–Crippen MR) is 104 cm³/mol. The lowest BCUT2D eigenvalue weighted by Gasteiger charge is -2.10. The maximum Gasteiger partial charge on any atom is 0.258 e. The molecular weight excluding hydrogens is 400 g/mol. The van der Waals surface area contributed by atoms with Gasteiger partial charge in [-0.1, -0.05) is 6.07 Å². The fourth-order valence-corrected chi connectivity index (χ4v) is 3.41. The molecule has 2 aromatic heterocycles. The van der Waals surface area contributed by atoms with Gasteiger partial charge in [0, 0.05) is 23.5 Å². The number of sulfone groups is 1. The Morgan fingerprint density at radius 2 is 1.86 bits per heavy atom. The molecule has 2 heterocycles. The molecule has 0 bridgehead atoms. The van der Waals surface area contributed by atoms with Crippen LogP contribution in [-0.2, 0) is 9.84 Å². The smallest absolute Gasteiger partial charge is 0.258 e. The Bertz CT molecular complexity index is 1180. The van der Waals surface area contributed by atoms with Crippen molar-refractivity contribution < 1.29 is 22.0 Å². The molecule has 0 aliphatic rings. The van der Waals surface area contributed by atoms with E-state index < -0.39 is 27.6 Å². The Balaban J connectivity index is 1.87. The van der Waals surface area contributed by atoms with Gasteiger partial charge in [0.2, 0.25) is 9.84 Å². The average molecular weight is 417 g/mol. The van der Waals surface area contributed by atoms with Crippen molar-refractivity contribution in [1.82, 2.24) is 9.97 Å². The normalized spacial score (nSPS) is 11.3. The van der Waals surface area contributed by atoms with Gasteiger partial charge in [0.1, 0.15) is 11.6 Å². The second-order valence-corrected chi connectivity index (χ2v) is 8.30. The monoisotopic (exact) mass is 417 g/mol. The lowest BCUT2D eigenvalue weighted by molar-refractivity contribution is 0.102. The summed E-state index contributed by atoms with van der Waals surface area (Å²) in [5.41, 5.74) is 2.23. The number of hydrogen-bond acceptors (Lipinski definition) is 5. The molecule has 0 fully saturated rings. The Morgan fingerprint density at radius 3 is 2.52 bits per heavy atom. The van der Waals surface area contributed by atoms with Crippen molar-refractivity contribution in [3.8, 4) is 11.1 Å². The fourth-order valence-electron chi connectivity index (χ4n) is 2.71. The summed E-state index contributed by atoms with van der Waals surface area (Å²) in [6, 6.07) is 6.03. The first kappa shape index (κ1) is 20.5. The molecule has 0 atom stereocenters. The number of carbonyl (C=O) groups is 1. The van der Waals surface area contributed by atoms with Gasteiger partial charge >= 0.3 is 0 Å². The SMILES string of the molecule is Cc1ccc(S(=O)(=O)CF)cc1-c1ccc(NC(=O)c2cncc(F)c2C)nc1. The fraction of sp³-hybridized carbons (Fsp3) is 0.150. The van der Waals surface area contributed by atoms with Crippen LogP contribution in [0.25, 0.3) is 11.1 Å². The lowest BCUT2D eigenvalue weighted by Crippen LogP contribution is -2.15. The van der Waals surface area contributed by atoms with E-state index in [0.717, 1.165) is 11.8 Å². The second-order valence-electron chi connectivity index (χ2n) is 6.38. The molecule has 29 heavy (non-hydrogen) atoms. The number of halogens is 2. The first-order chi connectivity index (χ1) is 13.7. The number of nitrogens with zero attached hydrogens (tertiary/aromatic N) is 2. The molecule has 0 saturated carbocycles. The van der Waals surface area contributed by atoms with Crippen molar-refractivity contribution in [3.63, 3.8) is 0 Å². The molecule has 9 heteroatoms. The number of alkyl halides is 1. The number of nitrogens with one attached hydrogen (secondary N) is 1. The summed E-state index contributed by atoms with van der Waals surface area (Å²) in [5, 5.41) is 2.56. The first-order valence-corrected chi connectivity index (χ1v) is 10.2. The van der Waals surface area contributed by atoms with Gasteiger partial charge in [-0.15, -0.1) is 0 Å². The standard InChI is InChI=1S/C20H17F2N3O3S/c1-12-3-5-15(29(27,28)11-21)7-16(12)14-4-6-19(24-8-14)25-20(26)17-9-23-10-18(22)13(17)2/h3-10H,11H2,1-2H3,(H,24,25,26). The largest absolute Gasteiger partial charge is 0.307 e. The number of hydrogen-bond donors (Lipinski definition) is 1. The molecule has 0 unspecified atom stereocenters. The van der Waals surface area contributed by atoms with E-state index >= 15 is 0 Å². The van der Waals surface area contributed by atoms with Gasteiger partial charge in [-0.05, 0) is 49.2 Å². The van der Waals surface area contributed by atoms with Gasteiger partial charge in [-0.3, -0.25) is 9.78 Å². The molecule has 6 nitrogen and oxygen atoms in total. The maximum absolute atomic E-state index is 13.6. The molecule has 1 amide bonds. The molecule has 0 saturated heterocycles. The van der Waals surface area contributed by atoms with Crippen LogP contribution in [0.5, 0.6) is 0 Å². The van der Waals surface area contributed by atoms with E-state index in [9.17, 15) is 22.0 Å². The van der Waals surface area contributed by atoms with Crippen LogP contribution in [0.15, 0.2) is 53.8 Å². The van der Waals surface area contributed by atoms with Crippen molar-refractivity contribution in [3.05, 3.63) is 71.4 Å². The molecular formula is C20H17F2N3O3S. The summed E-state index contributed by atoms with van der Waals surface area (Å²) in [7, 11) is -3.99. The van der Waals surface area contributed by atoms with Crippen LogP contribution in [0.4, 0.5) is 14.6 Å². The maximum atomic E-state index is 13.6. The Labute approximate surface area is 166 Å². The highest BCUT2D eigenvalue weighted by Gasteiger charge is 2.17. The molecule has 0 spiro atoms. The van der Waals surface area contributed by atoms with E-state index in [-0.39, 0.29) is 21.8 Å². The summed E-state index contributed by atoms with van der Waals surface area (Å²) in [6.45, 7) is 3.26. The van der Waals surface area contributed by atoms with Crippen LogP contribution < -0.4 is 5.32 Å². The van der Waals surface area contributed by atoms with E-state index in [1.54, 1.807) is 19.1 Å². The summed E-state index contributed by atoms with van der Waals surface area (Å²) in [4.78, 5) is 20.0. The van der Waals surface area contributed by atoms with Crippen molar-refractivity contribution in [2.24, 2.45) is 0 Å². The molecule has 0 aliphatic carbocycles. The zero-order valence-electron chi connectivity index (χ0n) is 15.6. The number of aryl methyl sites for hydroxylation is 1. The van der Waals surface area contributed by atoms with Gasteiger partial charge in [0.25, 0.3) is 5.91 Å². The summed E-state index contributed by atoms with van der Waals surface area (Å²) in [5.74, 6) is -0.908. The molecule has 1 N–H and O–H groups in total. The minimum Gasteiger partial charge on any atom is -0.307 e. The number of aromatic nitrogens is 2. The molecule has 1 aromatic carbocycles. The van der Waals surface area contributed by atoms with Gasteiger partial charge in [0.15, 0.2) is 6.01 Å². The predicted octanol–water partition coefficient (Wildman–Crippen LogP) is 3.85. The quantitative estimate of drug-likeness (QED) is 0.681. The van der Waals surface area contributed by atoms with Crippen LogP contribution in [-0.4, -0.2) is 30.3 Å². The van der Waals surface area contributed by atoms with Gasteiger partial charge in [-0.25, -0.2) is 22.2 Å². The van der Waals surface area contributed by atoms with Gasteiger partial charge in [0.05, 0.1) is 16.7 Å². The lowest BCUT2D eigenvalue weighted by atomic mass is 10.0. The molecule has 0 radical (unpaired) electrons. The highest BCUT2D eigenvalue weighted by atomic mass is 32.2. The van der Waals surface area contributed by atoms with Crippen LogP contribution in [0, 0.1) is 19.7 Å². The first-order valence-electron chi connectivity index (χ1n) is 8.50. The van der Waals surface area contributed by atoms with Crippen molar-refractivity contribution in [2.45, 2.75) is 18.7 Å². The van der Waals surface area contributed by atoms with E-state index in [1.165, 1.54) is 37.5 Å². The van der Waals surface area contributed by atoms with E-state index in [2.05, 4.69) is 15.3 Å². The number of rotatable bonds is 5. The summed E-state index contributed by atoms with van der Waals surface area (Å²) < 4.78 is 49.9. The Kier molecular flexibility index (Phi) is 5.69. The Hall–Kier alpha value is -3.20. The van der Waals surface area contributed by atoms with Crippen LogP contribution in [0.1, 0.15) is 21.5 Å². The molecule has 3 rings (SSSR count). The minimum absolute atomic E-state index is 0.0934. The van der Waals surface area contributed by atoms with Crippen LogP contribution >= 0.6 is 0 Å². The zero-order valence-corrected chi connectivity index (χ0v) is 16.4. The highest BCUT2D eigenvalue weighted by molar-refractivity contribution is 7.91. The second kappa shape index (κ2) is 8.04. The van der Waals surface area contributed by atoms with Gasteiger partial charge in [-0.2, -0.15) is 0 Å². The number of amides is 1. The van der Waals surface area contributed by atoms with Crippen molar-refractivity contribution in [1.29, 1.82) is 0 Å². The number of pyridine rings is 2. The van der Waals surface area contributed by atoms with Gasteiger partial charge < -0.3 is 5.32 Å². The average Bonchev–Trinajstić information content (AvgIpc) is 2.71. The van der Waals surface area contributed by atoms with Crippen molar-refractivity contribution >= 4 is 21.6 Å². The van der Waals surface area contributed by atoms with E-state index in [1.807, 2.05) is 0 Å². The molecule has 0 aliphatic heterocycles. The number of carbonyl (C=O) groups excluding carboxylic acids is 1. The minimum atomic E-state index is -3.99. The Morgan fingerprint density at radius 1 is 1.10 bits per heavy atom. The third kappa shape index (κ3) is 4.29. The summed E-state index contributed by atoms with van der Waals surface area (Å²) >= 11 is 0. The van der Waals surface area contributed by atoms with Crippen molar-refractivity contribution in [2.75, 3.05) is 11.3 Å². The number of anilines is 1. The van der Waals surface area contributed by atoms with Crippen LogP contribution in [0.2, 0.25) is 0 Å². The molecule has 150 valence electrons. The van der Waals surface area contributed by atoms with E-state index in [0.29, 0.717) is 11.1 Å². The number of benzene rings is 1. The third-order valence-electron chi connectivity index (χ3n) is 4.43. The zero-order chi connectivity index (χ0) is 21.2.